The number of ether oxygens (including phenoxy) is 1. The Morgan fingerprint density at radius 3 is 2.61 bits per heavy atom. The summed E-state index contributed by atoms with van der Waals surface area (Å²) < 4.78 is 5.71. The first-order valence-electron chi connectivity index (χ1n) is 6.65. The van der Waals surface area contributed by atoms with Gasteiger partial charge in [-0.2, -0.15) is 0 Å². The van der Waals surface area contributed by atoms with Crippen molar-refractivity contribution >= 4 is 5.82 Å². The van der Waals surface area contributed by atoms with E-state index in [-0.39, 0.29) is 11.6 Å². The minimum atomic E-state index is -0.188. The van der Waals surface area contributed by atoms with Gasteiger partial charge in [-0.3, -0.25) is 0 Å². The van der Waals surface area contributed by atoms with Crippen molar-refractivity contribution in [2.75, 3.05) is 11.9 Å². The second kappa shape index (κ2) is 6.59. The molecule has 0 saturated heterocycles. The first-order chi connectivity index (χ1) is 8.50. The van der Waals surface area contributed by atoms with Gasteiger partial charge in [0.25, 0.3) is 0 Å². The summed E-state index contributed by atoms with van der Waals surface area (Å²) in [4.78, 5) is 4.31. The fourth-order valence-corrected chi connectivity index (χ4v) is 1.63. The van der Waals surface area contributed by atoms with E-state index in [1.165, 1.54) is 0 Å². The molecule has 0 amide bonds. The van der Waals surface area contributed by atoms with Gasteiger partial charge in [-0.25, -0.2) is 4.98 Å². The second-order valence-electron chi connectivity index (χ2n) is 4.94. The molecule has 0 radical (unpaired) electrons. The Morgan fingerprint density at radius 2 is 2.06 bits per heavy atom. The first-order valence-corrected chi connectivity index (χ1v) is 6.65. The van der Waals surface area contributed by atoms with Gasteiger partial charge in [-0.15, -0.1) is 0 Å². The number of anilines is 1. The van der Waals surface area contributed by atoms with Crippen LogP contribution in [0, 0.1) is 0 Å². The average Bonchev–Trinajstić information content (AvgIpc) is 2.37. The Morgan fingerprint density at radius 1 is 1.39 bits per heavy atom. The van der Waals surface area contributed by atoms with E-state index < -0.39 is 0 Å². The summed E-state index contributed by atoms with van der Waals surface area (Å²) in [6, 6.07) is 3.80. The monoisotopic (exact) mass is 251 g/mol. The van der Waals surface area contributed by atoms with Gasteiger partial charge >= 0.3 is 0 Å². The molecule has 18 heavy (non-hydrogen) atoms. The molecule has 0 spiro atoms. The fraction of sp³-hybridized carbons (Fsp3) is 0.643. The van der Waals surface area contributed by atoms with Crippen LogP contribution in [-0.2, 0) is 0 Å². The summed E-state index contributed by atoms with van der Waals surface area (Å²) in [6.07, 6.45) is 3.76. The van der Waals surface area contributed by atoms with Crippen LogP contribution in [0.3, 0.4) is 0 Å². The summed E-state index contributed by atoms with van der Waals surface area (Å²) in [6.45, 7) is 8.92. The summed E-state index contributed by atoms with van der Waals surface area (Å²) in [7, 11) is 0. The maximum atomic E-state index is 6.26. The number of nitrogens with zero attached hydrogens (tertiary/aromatic N) is 1. The van der Waals surface area contributed by atoms with E-state index in [2.05, 4.69) is 24.1 Å². The second-order valence-corrected chi connectivity index (χ2v) is 4.94. The third-order valence-electron chi connectivity index (χ3n) is 3.15. The smallest absolute Gasteiger partial charge is 0.168 e. The Balaban J connectivity index is 2.72. The molecule has 0 aliphatic rings. The lowest BCUT2D eigenvalue weighted by atomic mass is 9.94. The van der Waals surface area contributed by atoms with Crippen molar-refractivity contribution in [2.45, 2.75) is 52.2 Å². The zero-order valence-electron chi connectivity index (χ0n) is 11.9. The molecule has 0 unspecified atom stereocenters. The van der Waals surface area contributed by atoms with Crippen LogP contribution in [0.5, 0.6) is 5.75 Å². The number of nitrogens with one attached hydrogen (secondary N) is 1. The predicted molar refractivity (Wildman–Crippen MR) is 76.0 cm³/mol. The minimum absolute atomic E-state index is 0.134. The van der Waals surface area contributed by atoms with Crippen LogP contribution >= 0.6 is 0 Å². The van der Waals surface area contributed by atoms with Crippen molar-refractivity contribution in [2.24, 2.45) is 5.73 Å². The van der Waals surface area contributed by atoms with Crippen LogP contribution in [0.25, 0.3) is 0 Å². The maximum Gasteiger partial charge on any atom is 0.168 e. The molecule has 4 nitrogen and oxygen atoms in total. The molecule has 0 aromatic carbocycles. The predicted octanol–water partition coefficient (Wildman–Crippen LogP) is 2.80. The third kappa shape index (κ3) is 4.18. The van der Waals surface area contributed by atoms with Gasteiger partial charge in [-0.05, 0) is 38.8 Å². The quantitative estimate of drug-likeness (QED) is 0.782. The van der Waals surface area contributed by atoms with Gasteiger partial charge in [0.2, 0.25) is 0 Å². The minimum Gasteiger partial charge on any atom is -0.487 e. The average molecular weight is 251 g/mol. The summed E-state index contributed by atoms with van der Waals surface area (Å²) in [5.41, 5.74) is 6.08. The highest BCUT2D eigenvalue weighted by molar-refractivity contribution is 5.49. The summed E-state index contributed by atoms with van der Waals surface area (Å²) in [5, 5.41) is 3.30. The van der Waals surface area contributed by atoms with Crippen molar-refractivity contribution in [3.63, 3.8) is 0 Å². The number of pyridine rings is 1. The molecule has 0 aliphatic carbocycles. The van der Waals surface area contributed by atoms with Gasteiger partial charge in [0, 0.05) is 18.3 Å². The largest absolute Gasteiger partial charge is 0.487 e. The van der Waals surface area contributed by atoms with E-state index >= 15 is 0 Å². The van der Waals surface area contributed by atoms with E-state index in [0.29, 0.717) is 6.54 Å². The van der Waals surface area contributed by atoms with Crippen LogP contribution in [0.4, 0.5) is 5.82 Å². The topological polar surface area (TPSA) is 60.2 Å². The number of nitrogens with two attached hydrogens (primary N) is 1. The maximum absolute atomic E-state index is 6.26. The van der Waals surface area contributed by atoms with Gasteiger partial charge in [0.05, 0.1) is 6.10 Å². The molecular formula is C14H25N3O. The highest BCUT2D eigenvalue weighted by Crippen LogP contribution is 2.23. The van der Waals surface area contributed by atoms with E-state index in [9.17, 15) is 0 Å². The summed E-state index contributed by atoms with van der Waals surface area (Å²) in [5.74, 6) is 1.55. The van der Waals surface area contributed by atoms with Gasteiger partial charge in [0.1, 0.15) is 0 Å². The molecule has 1 aromatic rings. The SMILES string of the molecule is CCC(N)(CC)CNc1ncccc1OC(C)C. The highest BCUT2D eigenvalue weighted by Gasteiger charge is 2.20. The number of hydrogen-bond acceptors (Lipinski definition) is 4. The molecule has 1 heterocycles. The van der Waals surface area contributed by atoms with Gasteiger partial charge < -0.3 is 15.8 Å². The van der Waals surface area contributed by atoms with Crippen LogP contribution in [-0.4, -0.2) is 23.2 Å². The van der Waals surface area contributed by atoms with Crippen LogP contribution in [0.1, 0.15) is 40.5 Å². The molecule has 0 fully saturated rings. The third-order valence-corrected chi connectivity index (χ3v) is 3.15. The first kappa shape index (κ1) is 14.8. The van der Waals surface area contributed by atoms with E-state index in [4.69, 9.17) is 10.5 Å². The van der Waals surface area contributed by atoms with Crippen molar-refractivity contribution in [1.29, 1.82) is 0 Å². The molecule has 0 saturated carbocycles. The molecule has 0 aliphatic heterocycles. The molecule has 3 N–H and O–H groups in total. The summed E-state index contributed by atoms with van der Waals surface area (Å²) >= 11 is 0. The Hall–Kier alpha value is -1.29. The Labute approximate surface area is 110 Å². The molecule has 1 rings (SSSR count). The molecule has 1 aromatic heterocycles. The van der Waals surface area contributed by atoms with E-state index in [0.717, 1.165) is 24.4 Å². The zero-order valence-corrected chi connectivity index (χ0v) is 11.9. The fourth-order valence-electron chi connectivity index (χ4n) is 1.63. The highest BCUT2D eigenvalue weighted by atomic mass is 16.5. The molecular weight excluding hydrogens is 226 g/mol. The van der Waals surface area contributed by atoms with Crippen LogP contribution in [0.2, 0.25) is 0 Å². The van der Waals surface area contributed by atoms with Crippen molar-refractivity contribution < 1.29 is 4.74 Å². The standard InChI is InChI=1S/C14H25N3O/c1-5-14(15,6-2)10-17-13-12(18-11(3)4)8-7-9-16-13/h7-9,11H,5-6,10,15H2,1-4H3,(H,16,17). The van der Waals surface area contributed by atoms with Crippen molar-refractivity contribution in [3.8, 4) is 5.75 Å². The lowest BCUT2D eigenvalue weighted by Gasteiger charge is -2.27. The van der Waals surface area contributed by atoms with Crippen LogP contribution in [0.15, 0.2) is 18.3 Å². The number of hydrogen-bond donors (Lipinski definition) is 2. The zero-order chi connectivity index (χ0) is 13.6. The Bertz CT molecular complexity index is 362. The van der Waals surface area contributed by atoms with Gasteiger partial charge in [0.15, 0.2) is 11.6 Å². The number of rotatable bonds is 7. The number of aromatic nitrogens is 1. The normalized spacial score (nSPS) is 11.7. The van der Waals surface area contributed by atoms with Gasteiger partial charge in [-0.1, -0.05) is 13.8 Å². The lowest BCUT2D eigenvalue weighted by Crippen LogP contribution is -2.45. The Kier molecular flexibility index (Phi) is 5.41. The molecule has 0 atom stereocenters. The van der Waals surface area contributed by atoms with E-state index in [1.54, 1.807) is 6.20 Å². The molecule has 4 heteroatoms. The van der Waals surface area contributed by atoms with Crippen molar-refractivity contribution in [1.82, 2.24) is 4.98 Å². The van der Waals surface area contributed by atoms with Crippen LogP contribution < -0.4 is 15.8 Å². The molecule has 0 bridgehead atoms. The van der Waals surface area contributed by atoms with E-state index in [1.807, 2.05) is 26.0 Å². The van der Waals surface area contributed by atoms with Crippen molar-refractivity contribution in [3.05, 3.63) is 18.3 Å². The molecule has 102 valence electrons. The lowest BCUT2D eigenvalue weighted by molar-refractivity contribution is 0.242.